The fourth-order valence-corrected chi connectivity index (χ4v) is 10.2. The summed E-state index contributed by atoms with van der Waals surface area (Å²) in [6, 6.07) is 30.0. The predicted molar refractivity (Wildman–Crippen MR) is 160 cm³/mol. The fourth-order valence-electron chi connectivity index (χ4n) is 8.99. The van der Waals surface area contributed by atoms with Crippen LogP contribution in [-0.2, 0) is 22.4 Å². The molecule has 1 aliphatic heterocycles. The van der Waals surface area contributed by atoms with E-state index in [9.17, 15) is 4.79 Å². The fraction of sp³-hybridized carbons (Fsp3) is 0.417. The third kappa shape index (κ3) is 3.72. The van der Waals surface area contributed by atoms with E-state index in [0.29, 0.717) is 5.92 Å². The van der Waals surface area contributed by atoms with Gasteiger partial charge >= 0.3 is 5.97 Å². The number of esters is 1. The normalized spacial score (nSPS) is 31.6. The molecule has 3 aromatic carbocycles. The van der Waals surface area contributed by atoms with Gasteiger partial charge in [0.15, 0.2) is 0 Å². The summed E-state index contributed by atoms with van der Waals surface area (Å²) in [6.45, 7) is 7.31. The molecule has 1 spiro atoms. The highest BCUT2D eigenvalue weighted by molar-refractivity contribution is 8.08. The molecule has 0 amide bonds. The second kappa shape index (κ2) is 9.13. The van der Waals surface area contributed by atoms with Crippen LogP contribution < -0.4 is 0 Å². The molecule has 0 unspecified atom stereocenters. The van der Waals surface area contributed by atoms with E-state index in [1.54, 1.807) is 11.8 Å². The van der Waals surface area contributed by atoms with Crippen molar-refractivity contribution in [3.05, 3.63) is 113 Å². The smallest absolute Gasteiger partial charge is 0.311 e. The first kappa shape index (κ1) is 25.2. The highest BCUT2D eigenvalue weighted by Gasteiger charge is 2.74. The minimum absolute atomic E-state index is 0.00490. The molecule has 5 atom stereocenters. The van der Waals surface area contributed by atoms with Gasteiger partial charge in [-0.2, -0.15) is 0 Å². The molecule has 2 saturated carbocycles. The lowest BCUT2D eigenvalue weighted by atomic mass is 9.66. The molecule has 0 radical (unpaired) electrons. The number of thioether (sulfide) groups is 1. The molecule has 200 valence electrons. The van der Waals surface area contributed by atoms with Crippen molar-refractivity contribution in [3.8, 4) is 0 Å². The molecule has 4 aliphatic rings. The molecule has 3 aromatic rings. The van der Waals surface area contributed by atoms with Crippen LogP contribution in [0, 0.1) is 28.1 Å². The van der Waals surface area contributed by atoms with Crippen molar-refractivity contribution in [2.24, 2.45) is 28.1 Å². The number of carbonyl (C=O) groups is 1. The quantitative estimate of drug-likeness (QED) is 0.315. The molecule has 0 aromatic heterocycles. The van der Waals surface area contributed by atoms with Crippen LogP contribution in [0.2, 0.25) is 0 Å². The Morgan fingerprint density at radius 1 is 0.846 bits per heavy atom. The van der Waals surface area contributed by atoms with Gasteiger partial charge < -0.3 is 4.74 Å². The van der Waals surface area contributed by atoms with Crippen LogP contribution in [-0.4, -0.2) is 17.8 Å². The second-order valence-corrected chi connectivity index (χ2v) is 14.2. The van der Waals surface area contributed by atoms with Crippen molar-refractivity contribution in [2.75, 3.05) is 5.75 Å². The molecule has 2 fully saturated rings. The molecule has 1 heterocycles. The van der Waals surface area contributed by atoms with E-state index in [4.69, 9.17) is 4.74 Å². The Morgan fingerprint density at radius 2 is 1.46 bits per heavy atom. The minimum Gasteiger partial charge on any atom is -0.461 e. The van der Waals surface area contributed by atoms with Gasteiger partial charge in [0.25, 0.3) is 0 Å². The van der Waals surface area contributed by atoms with Gasteiger partial charge in [-0.25, -0.2) is 0 Å². The third-order valence-electron chi connectivity index (χ3n) is 11.2. The topological polar surface area (TPSA) is 26.3 Å². The molecule has 2 bridgehead atoms. The Balaban J connectivity index is 1.24. The SMILES string of the molecule is CC1(C)[C@@H]2CC[C@@]1(C)[C@@H](OC(=O)[C@@H]1CSC(c3ccccc3)=C[C@@H]1c1ccccc1)C21Cc2ccccc2C1. The third-order valence-corrected chi connectivity index (χ3v) is 12.4. The van der Waals surface area contributed by atoms with E-state index < -0.39 is 0 Å². The average Bonchev–Trinajstić information content (AvgIpc) is 3.49. The summed E-state index contributed by atoms with van der Waals surface area (Å²) in [6.07, 6.45) is 6.70. The van der Waals surface area contributed by atoms with E-state index in [1.165, 1.54) is 33.6 Å². The maximum absolute atomic E-state index is 14.4. The number of allylic oxidation sites excluding steroid dienone is 1. The van der Waals surface area contributed by atoms with Crippen molar-refractivity contribution in [3.63, 3.8) is 0 Å². The molecule has 3 heteroatoms. The standard InChI is InChI=1S/C36H38O2S/c1-34(2)31-18-19-35(34,3)33(36(31)21-26-16-10-11-17-27(26)22-36)38-32(37)29-23-39-30(25-14-8-5-9-15-25)20-28(29)24-12-6-4-7-13-24/h4-17,20,28-29,31,33H,18-19,21-23H2,1-3H3/t28-,29-,31+,33-,35+/m1/s1. The molecule has 2 nitrogen and oxygen atoms in total. The lowest BCUT2D eigenvalue weighted by Crippen LogP contribution is -2.49. The van der Waals surface area contributed by atoms with Crippen LogP contribution in [0.5, 0.6) is 0 Å². The Labute approximate surface area is 237 Å². The van der Waals surface area contributed by atoms with Gasteiger partial charge in [0.1, 0.15) is 6.10 Å². The number of carbonyl (C=O) groups excluding carboxylic acids is 1. The van der Waals surface area contributed by atoms with Gasteiger partial charge in [-0.3, -0.25) is 4.79 Å². The van der Waals surface area contributed by atoms with E-state index in [-0.39, 0.29) is 40.2 Å². The Hall–Kier alpha value is -2.78. The molecular weight excluding hydrogens is 496 g/mol. The lowest BCUT2D eigenvalue weighted by Gasteiger charge is -2.45. The first-order valence-electron chi connectivity index (χ1n) is 14.6. The number of hydrogen-bond donors (Lipinski definition) is 0. The molecule has 0 saturated heterocycles. The zero-order chi connectivity index (χ0) is 26.8. The largest absolute Gasteiger partial charge is 0.461 e. The maximum Gasteiger partial charge on any atom is 0.311 e. The maximum atomic E-state index is 14.4. The van der Waals surface area contributed by atoms with Gasteiger partial charge in [0.05, 0.1) is 5.92 Å². The van der Waals surface area contributed by atoms with E-state index in [1.807, 2.05) is 0 Å². The Morgan fingerprint density at radius 3 is 2.13 bits per heavy atom. The monoisotopic (exact) mass is 534 g/mol. The summed E-state index contributed by atoms with van der Waals surface area (Å²) in [7, 11) is 0. The summed E-state index contributed by atoms with van der Waals surface area (Å²) < 4.78 is 6.90. The van der Waals surface area contributed by atoms with Crippen molar-refractivity contribution in [1.29, 1.82) is 0 Å². The van der Waals surface area contributed by atoms with Crippen LogP contribution >= 0.6 is 11.8 Å². The Kier molecular flexibility index (Phi) is 5.90. The van der Waals surface area contributed by atoms with Gasteiger partial charge in [-0.1, -0.05) is 112 Å². The van der Waals surface area contributed by atoms with E-state index in [2.05, 4.69) is 112 Å². The first-order chi connectivity index (χ1) is 18.8. The summed E-state index contributed by atoms with van der Waals surface area (Å²) in [5.41, 5.74) is 5.46. The van der Waals surface area contributed by atoms with Crippen molar-refractivity contribution >= 4 is 22.6 Å². The van der Waals surface area contributed by atoms with Gasteiger partial charge in [0.2, 0.25) is 0 Å². The van der Waals surface area contributed by atoms with E-state index >= 15 is 0 Å². The zero-order valence-corrected chi connectivity index (χ0v) is 24.0. The molecule has 7 rings (SSSR count). The minimum atomic E-state index is -0.198. The van der Waals surface area contributed by atoms with Crippen LogP contribution in [0.25, 0.3) is 4.91 Å². The molecule has 39 heavy (non-hydrogen) atoms. The van der Waals surface area contributed by atoms with Gasteiger partial charge in [-0.05, 0) is 59.3 Å². The predicted octanol–water partition coefficient (Wildman–Crippen LogP) is 8.33. The lowest BCUT2D eigenvalue weighted by molar-refractivity contribution is -0.172. The average molecular weight is 535 g/mol. The van der Waals surface area contributed by atoms with Crippen LogP contribution in [0.1, 0.15) is 61.8 Å². The summed E-state index contributed by atoms with van der Waals surface area (Å²) >= 11 is 1.80. The number of rotatable bonds is 4. The van der Waals surface area contributed by atoms with Crippen LogP contribution in [0.4, 0.5) is 0 Å². The number of fused-ring (bicyclic) bond motifs is 4. The molecular formula is C36H38O2S. The van der Waals surface area contributed by atoms with Crippen LogP contribution in [0.3, 0.4) is 0 Å². The number of ether oxygens (including phenoxy) is 1. The molecule has 0 N–H and O–H groups in total. The Bertz CT molecular complexity index is 1400. The van der Waals surface area contributed by atoms with Crippen LogP contribution in [0.15, 0.2) is 91.0 Å². The van der Waals surface area contributed by atoms with Crippen molar-refractivity contribution in [2.45, 2.75) is 58.5 Å². The highest BCUT2D eigenvalue weighted by Crippen LogP contribution is 2.75. The first-order valence-corrected chi connectivity index (χ1v) is 15.5. The number of benzene rings is 3. The number of hydrogen-bond acceptors (Lipinski definition) is 3. The molecule has 3 aliphatic carbocycles. The van der Waals surface area contributed by atoms with Gasteiger partial charge in [0, 0.05) is 27.4 Å². The summed E-state index contributed by atoms with van der Waals surface area (Å²) in [5, 5.41) is 0. The summed E-state index contributed by atoms with van der Waals surface area (Å²) in [4.78, 5) is 15.6. The van der Waals surface area contributed by atoms with Gasteiger partial charge in [-0.15, -0.1) is 11.8 Å². The van der Waals surface area contributed by atoms with Crippen molar-refractivity contribution in [1.82, 2.24) is 0 Å². The second-order valence-electron chi connectivity index (χ2n) is 13.2. The highest BCUT2D eigenvalue weighted by atomic mass is 32.2. The zero-order valence-electron chi connectivity index (χ0n) is 23.2. The van der Waals surface area contributed by atoms with E-state index in [0.717, 1.165) is 25.0 Å². The summed E-state index contributed by atoms with van der Waals surface area (Å²) in [5.74, 6) is 1.10. The van der Waals surface area contributed by atoms with Crippen molar-refractivity contribution < 1.29 is 9.53 Å².